The number of benzene rings is 1. The molecule has 0 aliphatic carbocycles. The first-order chi connectivity index (χ1) is 9.73. The average Bonchev–Trinajstić information content (AvgIpc) is 2.89. The highest BCUT2D eigenvalue weighted by molar-refractivity contribution is 5.77. The first kappa shape index (κ1) is 13.9. The van der Waals surface area contributed by atoms with E-state index in [2.05, 4.69) is 11.7 Å². The van der Waals surface area contributed by atoms with Crippen LogP contribution in [0.25, 0.3) is 11.3 Å². The fraction of sp³-hybridized carbons (Fsp3) is 0.200. The van der Waals surface area contributed by atoms with Crippen LogP contribution < -0.4 is 9.47 Å². The van der Waals surface area contributed by atoms with Crippen LogP contribution in [-0.2, 0) is 6.54 Å². The third kappa shape index (κ3) is 2.56. The van der Waals surface area contributed by atoms with Crippen molar-refractivity contribution in [1.82, 2.24) is 9.78 Å². The minimum Gasteiger partial charge on any atom is -0.497 e. The van der Waals surface area contributed by atoms with Gasteiger partial charge in [-0.3, -0.25) is 9.48 Å². The molecule has 0 aliphatic heterocycles. The summed E-state index contributed by atoms with van der Waals surface area (Å²) in [6.45, 7) is 4.13. The number of aldehydes is 1. The highest BCUT2D eigenvalue weighted by Gasteiger charge is 2.13. The van der Waals surface area contributed by atoms with Crippen molar-refractivity contribution >= 4 is 6.29 Å². The Hall–Kier alpha value is -2.56. The molecule has 0 bridgehead atoms. The number of nitrogens with zero attached hydrogens (tertiary/aromatic N) is 2. The van der Waals surface area contributed by atoms with E-state index < -0.39 is 0 Å². The van der Waals surface area contributed by atoms with Crippen LogP contribution in [0.4, 0.5) is 0 Å². The van der Waals surface area contributed by atoms with Crippen LogP contribution in [-0.4, -0.2) is 30.3 Å². The Morgan fingerprint density at radius 2 is 2.10 bits per heavy atom. The van der Waals surface area contributed by atoms with Crippen molar-refractivity contribution in [3.8, 4) is 22.8 Å². The molecule has 5 heteroatoms. The molecule has 5 nitrogen and oxygen atoms in total. The van der Waals surface area contributed by atoms with Gasteiger partial charge in [0.1, 0.15) is 17.2 Å². The number of hydrogen-bond acceptors (Lipinski definition) is 4. The Morgan fingerprint density at radius 1 is 1.30 bits per heavy atom. The van der Waals surface area contributed by atoms with Crippen molar-refractivity contribution in [3.63, 3.8) is 0 Å². The second kappa shape index (κ2) is 6.06. The summed E-state index contributed by atoms with van der Waals surface area (Å²) in [4.78, 5) is 11.1. The summed E-state index contributed by atoms with van der Waals surface area (Å²) >= 11 is 0. The Balaban J connectivity index is 2.50. The topological polar surface area (TPSA) is 53.4 Å². The molecule has 0 unspecified atom stereocenters. The molecule has 0 atom stereocenters. The normalized spacial score (nSPS) is 10.1. The van der Waals surface area contributed by atoms with Crippen molar-refractivity contribution in [1.29, 1.82) is 0 Å². The third-order valence-corrected chi connectivity index (χ3v) is 2.92. The molecule has 0 saturated carbocycles. The standard InChI is InChI=1S/C15H16N2O3/c1-4-7-17-11(10-18)8-14(16-17)13-6-5-12(19-2)9-15(13)20-3/h4-6,8-10H,1,7H2,2-3H3. The van der Waals surface area contributed by atoms with Crippen LogP contribution in [0.1, 0.15) is 10.5 Å². The van der Waals surface area contributed by atoms with Crippen LogP contribution in [0.5, 0.6) is 11.5 Å². The number of ether oxygens (including phenoxy) is 2. The lowest BCUT2D eigenvalue weighted by Crippen LogP contribution is -2.02. The van der Waals surface area contributed by atoms with Gasteiger partial charge in [-0.15, -0.1) is 6.58 Å². The molecule has 1 aromatic heterocycles. The summed E-state index contributed by atoms with van der Waals surface area (Å²) < 4.78 is 12.1. The summed E-state index contributed by atoms with van der Waals surface area (Å²) in [7, 11) is 3.18. The Bertz CT molecular complexity index is 632. The molecule has 0 spiro atoms. The van der Waals surface area contributed by atoms with Gasteiger partial charge in [0, 0.05) is 11.6 Å². The predicted octanol–water partition coefficient (Wildman–Crippen LogP) is 2.57. The van der Waals surface area contributed by atoms with Crippen molar-refractivity contribution in [3.05, 3.63) is 42.6 Å². The van der Waals surface area contributed by atoms with Gasteiger partial charge in [0.25, 0.3) is 0 Å². The maximum absolute atomic E-state index is 11.1. The average molecular weight is 272 g/mol. The zero-order valence-electron chi connectivity index (χ0n) is 11.5. The van der Waals surface area contributed by atoms with E-state index in [4.69, 9.17) is 9.47 Å². The van der Waals surface area contributed by atoms with Crippen molar-refractivity contribution in [2.24, 2.45) is 0 Å². The maximum Gasteiger partial charge on any atom is 0.168 e. The van der Waals surface area contributed by atoms with Crippen molar-refractivity contribution in [2.45, 2.75) is 6.54 Å². The third-order valence-electron chi connectivity index (χ3n) is 2.92. The van der Waals surface area contributed by atoms with Crippen LogP contribution in [0, 0.1) is 0 Å². The van der Waals surface area contributed by atoms with E-state index in [1.807, 2.05) is 12.1 Å². The maximum atomic E-state index is 11.1. The van der Waals surface area contributed by atoms with E-state index in [0.29, 0.717) is 29.4 Å². The highest BCUT2D eigenvalue weighted by Crippen LogP contribution is 2.32. The summed E-state index contributed by atoms with van der Waals surface area (Å²) in [5, 5.41) is 4.40. The molecule has 0 radical (unpaired) electrons. The van der Waals surface area contributed by atoms with E-state index in [1.165, 1.54) is 0 Å². The Morgan fingerprint density at radius 3 is 2.70 bits per heavy atom. The first-order valence-corrected chi connectivity index (χ1v) is 6.09. The number of aromatic nitrogens is 2. The van der Waals surface area contributed by atoms with Crippen molar-refractivity contribution < 1.29 is 14.3 Å². The van der Waals surface area contributed by atoms with Crippen LogP contribution >= 0.6 is 0 Å². The summed E-state index contributed by atoms with van der Waals surface area (Å²) in [6, 6.07) is 7.18. The molecule has 2 aromatic rings. The molecular formula is C15H16N2O3. The van der Waals surface area contributed by atoms with Crippen molar-refractivity contribution in [2.75, 3.05) is 14.2 Å². The molecule has 104 valence electrons. The SMILES string of the molecule is C=CCn1nc(-c2ccc(OC)cc2OC)cc1C=O. The molecule has 1 heterocycles. The quantitative estimate of drug-likeness (QED) is 0.599. The number of methoxy groups -OCH3 is 2. The van der Waals surface area contributed by atoms with Gasteiger partial charge in [0.05, 0.1) is 26.5 Å². The summed E-state index contributed by atoms with van der Waals surface area (Å²) in [5.74, 6) is 1.34. The summed E-state index contributed by atoms with van der Waals surface area (Å²) in [6.07, 6.45) is 2.46. The zero-order chi connectivity index (χ0) is 14.5. The van der Waals surface area contributed by atoms with Gasteiger partial charge in [-0.05, 0) is 18.2 Å². The largest absolute Gasteiger partial charge is 0.497 e. The van der Waals surface area contributed by atoms with Gasteiger partial charge in [-0.25, -0.2) is 0 Å². The van der Waals surface area contributed by atoms with Gasteiger partial charge >= 0.3 is 0 Å². The molecular weight excluding hydrogens is 256 g/mol. The molecule has 0 fully saturated rings. The number of rotatable bonds is 6. The van der Waals surface area contributed by atoms with Gasteiger partial charge in [0.2, 0.25) is 0 Å². The van der Waals surface area contributed by atoms with E-state index in [1.54, 1.807) is 37.1 Å². The molecule has 0 N–H and O–H groups in total. The minimum atomic E-state index is 0.479. The fourth-order valence-electron chi connectivity index (χ4n) is 1.94. The minimum absolute atomic E-state index is 0.479. The smallest absolute Gasteiger partial charge is 0.168 e. The lowest BCUT2D eigenvalue weighted by Gasteiger charge is -2.08. The molecule has 1 aromatic carbocycles. The van der Waals surface area contributed by atoms with Crippen LogP contribution in [0.3, 0.4) is 0 Å². The molecule has 0 saturated heterocycles. The lowest BCUT2D eigenvalue weighted by molar-refractivity contribution is 0.111. The number of allylic oxidation sites excluding steroid dienone is 1. The first-order valence-electron chi connectivity index (χ1n) is 6.09. The van der Waals surface area contributed by atoms with Crippen LogP contribution in [0.15, 0.2) is 36.9 Å². The van der Waals surface area contributed by atoms with Crippen LogP contribution in [0.2, 0.25) is 0 Å². The Labute approximate surface area is 117 Å². The second-order valence-corrected chi connectivity index (χ2v) is 4.11. The molecule has 20 heavy (non-hydrogen) atoms. The fourth-order valence-corrected chi connectivity index (χ4v) is 1.94. The van der Waals surface area contributed by atoms with E-state index >= 15 is 0 Å². The molecule has 0 aliphatic rings. The number of carbonyl (C=O) groups is 1. The number of hydrogen-bond donors (Lipinski definition) is 0. The van der Waals surface area contributed by atoms with Gasteiger partial charge in [0.15, 0.2) is 6.29 Å². The van der Waals surface area contributed by atoms with E-state index in [-0.39, 0.29) is 0 Å². The number of carbonyl (C=O) groups excluding carboxylic acids is 1. The van der Waals surface area contributed by atoms with E-state index in [9.17, 15) is 4.79 Å². The molecule has 2 rings (SSSR count). The summed E-state index contributed by atoms with van der Waals surface area (Å²) in [5.41, 5.74) is 1.98. The zero-order valence-corrected chi connectivity index (χ0v) is 11.5. The van der Waals surface area contributed by atoms with Gasteiger partial charge in [-0.1, -0.05) is 6.08 Å². The molecule has 0 amide bonds. The predicted molar refractivity (Wildman–Crippen MR) is 76.4 cm³/mol. The Kier molecular flexibility index (Phi) is 4.20. The second-order valence-electron chi connectivity index (χ2n) is 4.11. The monoisotopic (exact) mass is 272 g/mol. The highest BCUT2D eigenvalue weighted by atomic mass is 16.5. The van der Waals surface area contributed by atoms with E-state index in [0.717, 1.165) is 11.8 Å². The van der Waals surface area contributed by atoms with Gasteiger partial charge in [-0.2, -0.15) is 5.10 Å². The van der Waals surface area contributed by atoms with Gasteiger partial charge < -0.3 is 9.47 Å². The lowest BCUT2D eigenvalue weighted by atomic mass is 10.1.